The van der Waals surface area contributed by atoms with Crippen molar-refractivity contribution >= 4 is 37.6 Å². The molecule has 3 saturated carbocycles. The molecule has 0 aromatic carbocycles. The fourth-order valence-electron chi connectivity index (χ4n) is 7.66. The van der Waals surface area contributed by atoms with Crippen LogP contribution in [0.4, 0.5) is 4.39 Å². The molecule has 3 fully saturated rings. The Kier molecular flexibility index (Phi) is 5.87. The maximum absolute atomic E-state index is 15.7. The molecular weight excluding hydrogens is 523 g/mol. The summed E-state index contributed by atoms with van der Waals surface area (Å²) in [6, 6.07) is 0. The highest BCUT2D eigenvalue weighted by Gasteiger charge is 2.73. The van der Waals surface area contributed by atoms with Crippen LogP contribution in [0, 0.1) is 28.6 Å². The maximum Gasteiger partial charge on any atom is 0.264 e. The second-order valence-electron chi connectivity index (χ2n) is 10.7. The van der Waals surface area contributed by atoms with Crippen molar-refractivity contribution in [3.05, 3.63) is 10.6 Å². The van der Waals surface area contributed by atoms with Crippen LogP contribution in [0.1, 0.15) is 46.0 Å². The van der Waals surface area contributed by atoms with Crippen LogP contribution >= 0.6 is 15.9 Å². The largest absolute Gasteiger partial charge is 0.388 e. The van der Waals surface area contributed by atoms with Gasteiger partial charge in [0.15, 0.2) is 11.6 Å². The Morgan fingerprint density at radius 3 is 2.55 bits per heavy atom. The summed E-state index contributed by atoms with van der Waals surface area (Å²) in [5, 5.41) is 32.4. The predicted octanol–water partition coefficient (Wildman–Crippen LogP) is 1.41. The molecule has 0 unspecified atom stereocenters. The SMILES string of the molecule is C[C@]12C[C@@H](OS(C)(=O)=O)[C@H]3[C@@H](C[C@@H](F)[C@@]4(O)CC(=O)C(Br)=C[C@]34C)[C@@H]1CC[C@]2(O)C(=O)CO. The number of fused-ring (bicyclic) bond motifs is 5. The monoisotopic (exact) mass is 552 g/mol. The molecule has 0 radical (unpaired) electrons. The number of hydrogen-bond acceptors (Lipinski definition) is 8. The van der Waals surface area contributed by atoms with Gasteiger partial charge in [-0.2, -0.15) is 8.42 Å². The maximum atomic E-state index is 15.7. The number of ketones is 2. The molecule has 4 aliphatic carbocycles. The van der Waals surface area contributed by atoms with Crippen LogP contribution in [0.3, 0.4) is 0 Å². The van der Waals surface area contributed by atoms with Crippen molar-refractivity contribution in [3.8, 4) is 0 Å². The van der Waals surface area contributed by atoms with Gasteiger partial charge in [0.25, 0.3) is 10.1 Å². The van der Waals surface area contributed by atoms with E-state index in [9.17, 15) is 33.3 Å². The molecular formula is C22H30BrFO8S. The Balaban J connectivity index is 1.91. The molecule has 0 aromatic rings. The first-order valence-corrected chi connectivity index (χ1v) is 13.7. The highest BCUT2D eigenvalue weighted by atomic mass is 79.9. The summed E-state index contributed by atoms with van der Waals surface area (Å²) in [6.07, 6.45) is -0.742. The second kappa shape index (κ2) is 7.64. The molecule has 0 amide bonds. The Bertz CT molecular complexity index is 1030. The summed E-state index contributed by atoms with van der Waals surface area (Å²) in [6.45, 7) is 2.41. The zero-order valence-corrected chi connectivity index (χ0v) is 21.2. The van der Waals surface area contributed by atoms with Crippen molar-refractivity contribution in [1.29, 1.82) is 0 Å². The first-order valence-electron chi connectivity index (χ1n) is 11.1. The molecule has 0 heterocycles. The molecule has 3 N–H and O–H groups in total. The summed E-state index contributed by atoms with van der Waals surface area (Å²) >= 11 is 3.21. The van der Waals surface area contributed by atoms with Crippen molar-refractivity contribution < 1.29 is 41.9 Å². The first kappa shape index (κ1) is 25.4. The standard InChI is InChI=1S/C22H30BrFO8S/c1-19-9-15(32-33(3,30)31)18-11(12(19)4-5-21(19,28)17(27)10-25)6-16(24)22(29)8-14(26)13(23)7-20(18,22)2/h7,11-12,15-16,18,25,28-29H,4-6,8-10H2,1-3H3/t11-,12-,15+,16+,18+,19-,20+,21-,22-/m0/s1. The van der Waals surface area contributed by atoms with Gasteiger partial charge < -0.3 is 15.3 Å². The molecule has 11 heteroatoms. The Labute approximate surface area is 200 Å². The number of aliphatic hydroxyl groups excluding tert-OH is 1. The van der Waals surface area contributed by atoms with E-state index in [2.05, 4.69) is 15.9 Å². The zero-order chi connectivity index (χ0) is 24.8. The number of hydrogen-bond donors (Lipinski definition) is 3. The number of allylic oxidation sites excluding steroid dienone is 1. The summed E-state index contributed by atoms with van der Waals surface area (Å²) < 4.78 is 45.9. The summed E-state index contributed by atoms with van der Waals surface area (Å²) in [5.74, 6) is -2.83. The van der Waals surface area contributed by atoms with Gasteiger partial charge in [-0.3, -0.25) is 13.8 Å². The van der Waals surface area contributed by atoms with Gasteiger partial charge in [-0.15, -0.1) is 0 Å². The average molecular weight is 553 g/mol. The number of carbonyl (C=O) groups excluding carboxylic acids is 2. The van der Waals surface area contributed by atoms with Gasteiger partial charge in [-0.05, 0) is 53.4 Å². The third kappa shape index (κ3) is 3.36. The van der Waals surface area contributed by atoms with Crippen molar-refractivity contribution in [2.75, 3.05) is 12.9 Å². The molecule has 33 heavy (non-hydrogen) atoms. The minimum absolute atomic E-state index is 0.0455. The van der Waals surface area contributed by atoms with Crippen molar-refractivity contribution in [1.82, 2.24) is 0 Å². The van der Waals surface area contributed by atoms with Gasteiger partial charge >= 0.3 is 0 Å². The summed E-state index contributed by atoms with van der Waals surface area (Å²) in [7, 11) is -4.01. The summed E-state index contributed by atoms with van der Waals surface area (Å²) in [5.41, 5.74) is -6.47. The Morgan fingerprint density at radius 2 is 1.97 bits per heavy atom. The molecule has 0 saturated heterocycles. The zero-order valence-electron chi connectivity index (χ0n) is 18.8. The molecule has 186 valence electrons. The Hall–Kier alpha value is -0.720. The average Bonchev–Trinajstić information content (AvgIpc) is 2.95. The molecule has 0 spiro atoms. The van der Waals surface area contributed by atoms with Crippen LogP contribution in [0.25, 0.3) is 0 Å². The van der Waals surface area contributed by atoms with Crippen LogP contribution in [0.2, 0.25) is 0 Å². The third-order valence-corrected chi connectivity index (χ3v) is 10.5. The lowest BCUT2D eigenvalue weighted by Gasteiger charge is -2.64. The number of Topliss-reactive ketones (excluding diaryl/α,β-unsaturated/α-hetero) is 2. The first-order chi connectivity index (χ1) is 15.0. The normalized spacial score (nSPS) is 49.6. The minimum atomic E-state index is -4.01. The van der Waals surface area contributed by atoms with Crippen LogP contribution in [0.15, 0.2) is 10.6 Å². The molecule has 0 aromatic heterocycles. The quantitative estimate of drug-likeness (QED) is 0.445. The molecule has 0 bridgehead atoms. The smallest absolute Gasteiger partial charge is 0.264 e. The lowest BCUT2D eigenvalue weighted by atomic mass is 9.43. The number of alkyl halides is 1. The van der Waals surface area contributed by atoms with Gasteiger partial charge in [-0.25, -0.2) is 4.39 Å². The fraction of sp³-hybridized carbons (Fsp3) is 0.818. The van der Waals surface area contributed by atoms with Crippen molar-refractivity contribution in [2.24, 2.45) is 28.6 Å². The van der Waals surface area contributed by atoms with E-state index in [1.807, 2.05) is 0 Å². The van der Waals surface area contributed by atoms with Gasteiger partial charge in [0.1, 0.15) is 24.0 Å². The lowest BCUT2D eigenvalue weighted by molar-refractivity contribution is -0.236. The second-order valence-corrected chi connectivity index (χ2v) is 13.2. The van der Waals surface area contributed by atoms with Gasteiger partial charge in [0.2, 0.25) is 0 Å². The van der Waals surface area contributed by atoms with Crippen LogP contribution < -0.4 is 0 Å². The van der Waals surface area contributed by atoms with E-state index in [4.69, 9.17) is 4.18 Å². The van der Waals surface area contributed by atoms with E-state index in [0.29, 0.717) is 6.42 Å². The van der Waals surface area contributed by atoms with E-state index in [1.165, 1.54) is 6.08 Å². The highest BCUT2D eigenvalue weighted by Crippen LogP contribution is 2.69. The Morgan fingerprint density at radius 1 is 1.33 bits per heavy atom. The van der Waals surface area contributed by atoms with Crippen LogP contribution in [0.5, 0.6) is 0 Å². The third-order valence-electron chi connectivity index (χ3n) is 9.23. The van der Waals surface area contributed by atoms with E-state index in [-0.39, 0.29) is 29.7 Å². The van der Waals surface area contributed by atoms with Crippen molar-refractivity contribution in [3.63, 3.8) is 0 Å². The van der Waals surface area contributed by atoms with E-state index >= 15 is 4.39 Å². The fourth-order valence-corrected chi connectivity index (χ4v) is 8.91. The predicted molar refractivity (Wildman–Crippen MR) is 118 cm³/mol. The minimum Gasteiger partial charge on any atom is -0.388 e. The van der Waals surface area contributed by atoms with Gasteiger partial charge in [0, 0.05) is 23.2 Å². The molecule has 0 aliphatic heterocycles. The highest BCUT2D eigenvalue weighted by molar-refractivity contribution is 9.12. The molecule has 4 rings (SSSR count). The molecule has 8 nitrogen and oxygen atoms in total. The van der Waals surface area contributed by atoms with Crippen LogP contribution in [-0.2, 0) is 23.9 Å². The number of rotatable bonds is 4. The molecule has 9 atom stereocenters. The van der Waals surface area contributed by atoms with E-state index in [1.54, 1.807) is 13.8 Å². The van der Waals surface area contributed by atoms with Crippen LogP contribution in [-0.4, -0.2) is 71.6 Å². The lowest BCUT2D eigenvalue weighted by Crippen LogP contribution is -2.70. The summed E-state index contributed by atoms with van der Waals surface area (Å²) in [4.78, 5) is 25.0. The van der Waals surface area contributed by atoms with E-state index < -0.39 is 80.9 Å². The van der Waals surface area contributed by atoms with Gasteiger partial charge in [0.05, 0.1) is 16.8 Å². The molecule has 4 aliphatic rings. The van der Waals surface area contributed by atoms with Gasteiger partial charge in [-0.1, -0.05) is 19.9 Å². The topological polar surface area (TPSA) is 138 Å². The number of aliphatic hydroxyl groups is 3. The number of carbonyl (C=O) groups is 2. The van der Waals surface area contributed by atoms with Crippen molar-refractivity contribution in [2.45, 2.75) is 69.4 Å². The van der Waals surface area contributed by atoms with E-state index in [0.717, 1.165) is 6.26 Å². The number of halogens is 2.